The van der Waals surface area contributed by atoms with Crippen LogP contribution >= 0.6 is 11.3 Å². The average Bonchev–Trinajstić information content (AvgIpc) is 3.01. The largest absolute Gasteiger partial charge is 0.450 e. The van der Waals surface area contributed by atoms with Crippen LogP contribution in [0.2, 0.25) is 0 Å². The standard InChI is InChI=1S/C15H24N2O3S/c1-3-20-14(18)17-7-4-13(5-8-17)16-11-15(2,19)12-6-9-21-10-12/h6,9-10,13,16,19H,3-5,7-8,11H2,1-2H3. The third-order valence-electron chi connectivity index (χ3n) is 3.90. The van der Waals surface area contributed by atoms with E-state index in [1.807, 2.05) is 30.7 Å². The monoisotopic (exact) mass is 312 g/mol. The van der Waals surface area contributed by atoms with Gasteiger partial charge >= 0.3 is 6.09 Å². The Hall–Kier alpha value is -1.11. The highest BCUT2D eigenvalue weighted by Gasteiger charge is 2.27. The van der Waals surface area contributed by atoms with Crippen molar-refractivity contribution in [2.75, 3.05) is 26.2 Å². The van der Waals surface area contributed by atoms with Crippen molar-refractivity contribution in [3.8, 4) is 0 Å². The Bertz CT molecular complexity index is 440. The fourth-order valence-corrected chi connectivity index (χ4v) is 3.28. The van der Waals surface area contributed by atoms with E-state index >= 15 is 0 Å². The van der Waals surface area contributed by atoms with E-state index in [4.69, 9.17) is 4.74 Å². The number of rotatable bonds is 5. The Morgan fingerprint density at radius 1 is 1.57 bits per heavy atom. The summed E-state index contributed by atoms with van der Waals surface area (Å²) in [5.74, 6) is 0. The van der Waals surface area contributed by atoms with E-state index in [2.05, 4.69) is 5.32 Å². The minimum atomic E-state index is -0.849. The smallest absolute Gasteiger partial charge is 0.409 e. The Labute approximate surface area is 129 Å². The second-order valence-electron chi connectivity index (χ2n) is 5.63. The molecular formula is C15H24N2O3S. The molecule has 1 saturated heterocycles. The van der Waals surface area contributed by atoms with Crippen molar-refractivity contribution in [1.82, 2.24) is 10.2 Å². The van der Waals surface area contributed by atoms with Crippen molar-refractivity contribution in [3.63, 3.8) is 0 Å². The highest BCUT2D eigenvalue weighted by atomic mass is 32.1. The lowest BCUT2D eigenvalue weighted by molar-refractivity contribution is 0.0491. The van der Waals surface area contributed by atoms with E-state index in [9.17, 15) is 9.90 Å². The van der Waals surface area contributed by atoms with Crippen LogP contribution in [-0.4, -0.2) is 48.4 Å². The molecule has 1 amide bonds. The molecule has 2 N–H and O–H groups in total. The summed E-state index contributed by atoms with van der Waals surface area (Å²) >= 11 is 1.59. The zero-order valence-corrected chi connectivity index (χ0v) is 13.5. The Balaban J connectivity index is 1.75. The van der Waals surface area contributed by atoms with Crippen LogP contribution in [0.15, 0.2) is 16.8 Å². The predicted molar refractivity (Wildman–Crippen MR) is 83.5 cm³/mol. The molecule has 1 aliphatic rings. The number of hydrogen-bond donors (Lipinski definition) is 2. The first-order chi connectivity index (χ1) is 10.0. The molecule has 1 unspecified atom stereocenters. The SMILES string of the molecule is CCOC(=O)N1CCC(NCC(C)(O)c2ccsc2)CC1. The topological polar surface area (TPSA) is 61.8 Å². The fourth-order valence-electron chi connectivity index (χ4n) is 2.50. The maximum atomic E-state index is 11.6. The van der Waals surface area contributed by atoms with Crippen LogP contribution in [-0.2, 0) is 10.3 Å². The first kappa shape index (κ1) is 16.3. The molecule has 5 nitrogen and oxygen atoms in total. The van der Waals surface area contributed by atoms with Gasteiger partial charge in [0.25, 0.3) is 0 Å². The summed E-state index contributed by atoms with van der Waals surface area (Å²) in [6.07, 6.45) is 1.55. The van der Waals surface area contributed by atoms with Crippen LogP contribution in [0.5, 0.6) is 0 Å². The van der Waals surface area contributed by atoms with Crippen molar-refractivity contribution in [2.45, 2.75) is 38.3 Å². The Kier molecular flexibility index (Phi) is 5.61. The molecule has 1 aliphatic heterocycles. The molecular weight excluding hydrogens is 288 g/mol. The summed E-state index contributed by atoms with van der Waals surface area (Å²) in [4.78, 5) is 13.4. The van der Waals surface area contributed by atoms with Gasteiger partial charge in [-0.3, -0.25) is 0 Å². The average molecular weight is 312 g/mol. The van der Waals surface area contributed by atoms with Gasteiger partial charge in [0.15, 0.2) is 0 Å². The van der Waals surface area contributed by atoms with Crippen molar-refractivity contribution in [3.05, 3.63) is 22.4 Å². The summed E-state index contributed by atoms with van der Waals surface area (Å²) in [5, 5.41) is 17.8. The van der Waals surface area contributed by atoms with Crippen LogP contribution in [0.4, 0.5) is 4.79 Å². The maximum absolute atomic E-state index is 11.6. The van der Waals surface area contributed by atoms with Gasteiger partial charge in [0.2, 0.25) is 0 Å². The molecule has 1 aromatic heterocycles. The number of thiophene rings is 1. The van der Waals surface area contributed by atoms with Crippen molar-refractivity contribution in [2.24, 2.45) is 0 Å². The first-order valence-electron chi connectivity index (χ1n) is 7.43. The quantitative estimate of drug-likeness (QED) is 0.875. The second-order valence-corrected chi connectivity index (χ2v) is 6.41. The zero-order valence-electron chi connectivity index (χ0n) is 12.7. The number of likely N-dealkylation sites (tertiary alicyclic amines) is 1. The van der Waals surface area contributed by atoms with Gasteiger partial charge in [0.1, 0.15) is 0 Å². The molecule has 1 aromatic rings. The van der Waals surface area contributed by atoms with Crippen LogP contribution < -0.4 is 5.32 Å². The molecule has 1 fully saturated rings. The lowest BCUT2D eigenvalue weighted by atomic mass is 9.97. The van der Waals surface area contributed by atoms with Crippen LogP contribution in [0, 0.1) is 0 Å². The molecule has 2 heterocycles. The minimum absolute atomic E-state index is 0.221. The van der Waals surface area contributed by atoms with Gasteiger partial charge in [0, 0.05) is 25.7 Å². The lowest BCUT2D eigenvalue weighted by Crippen LogP contribution is -2.48. The number of piperidine rings is 1. The van der Waals surface area contributed by atoms with Gasteiger partial charge in [-0.05, 0) is 49.1 Å². The summed E-state index contributed by atoms with van der Waals surface area (Å²) in [7, 11) is 0. The predicted octanol–water partition coefficient (Wildman–Crippen LogP) is 2.17. The molecule has 0 radical (unpaired) electrons. The molecule has 2 rings (SSSR count). The fraction of sp³-hybridized carbons (Fsp3) is 0.667. The van der Waals surface area contributed by atoms with Gasteiger partial charge in [-0.2, -0.15) is 11.3 Å². The summed E-state index contributed by atoms with van der Waals surface area (Å²) in [6, 6.07) is 2.29. The highest BCUT2D eigenvalue weighted by Crippen LogP contribution is 2.23. The minimum Gasteiger partial charge on any atom is -0.450 e. The van der Waals surface area contributed by atoms with Crippen LogP contribution in [0.3, 0.4) is 0 Å². The van der Waals surface area contributed by atoms with Crippen LogP contribution in [0.1, 0.15) is 32.3 Å². The summed E-state index contributed by atoms with van der Waals surface area (Å²) in [5.41, 5.74) is 0.0992. The molecule has 0 saturated carbocycles. The van der Waals surface area contributed by atoms with Gasteiger partial charge in [-0.15, -0.1) is 0 Å². The number of nitrogens with one attached hydrogen (secondary N) is 1. The van der Waals surface area contributed by atoms with Gasteiger partial charge in [-0.1, -0.05) is 0 Å². The second kappa shape index (κ2) is 7.24. The number of aliphatic hydroxyl groups is 1. The summed E-state index contributed by atoms with van der Waals surface area (Å²) < 4.78 is 5.01. The van der Waals surface area contributed by atoms with E-state index in [0.717, 1.165) is 18.4 Å². The van der Waals surface area contributed by atoms with Crippen molar-refractivity contribution in [1.29, 1.82) is 0 Å². The molecule has 1 atom stereocenters. The maximum Gasteiger partial charge on any atom is 0.409 e. The van der Waals surface area contributed by atoms with E-state index in [1.54, 1.807) is 16.2 Å². The number of hydrogen-bond acceptors (Lipinski definition) is 5. The van der Waals surface area contributed by atoms with E-state index in [0.29, 0.717) is 32.3 Å². The van der Waals surface area contributed by atoms with Crippen LogP contribution in [0.25, 0.3) is 0 Å². The number of nitrogens with zero attached hydrogens (tertiary/aromatic N) is 1. The van der Waals surface area contributed by atoms with Gasteiger partial charge in [0.05, 0.1) is 12.2 Å². The summed E-state index contributed by atoms with van der Waals surface area (Å²) in [6.45, 7) is 6.00. The Morgan fingerprint density at radius 3 is 2.86 bits per heavy atom. The van der Waals surface area contributed by atoms with Crippen molar-refractivity contribution >= 4 is 17.4 Å². The molecule has 0 bridgehead atoms. The molecule has 0 aromatic carbocycles. The molecule has 0 aliphatic carbocycles. The normalized spacial score (nSPS) is 19.3. The third-order valence-corrected chi connectivity index (χ3v) is 4.58. The number of carbonyl (C=O) groups excluding carboxylic acids is 1. The van der Waals surface area contributed by atoms with E-state index < -0.39 is 5.60 Å². The Morgan fingerprint density at radius 2 is 2.29 bits per heavy atom. The van der Waals surface area contributed by atoms with Crippen molar-refractivity contribution < 1.29 is 14.6 Å². The number of amides is 1. The molecule has 118 valence electrons. The molecule has 21 heavy (non-hydrogen) atoms. The van der Waals surface area contributed by atoms with E-state index in [1.165, 1.54) is 0 Å². The van der Waals surface area contributed by atoms with Gasteiger partial charge < -0.3 is 20.1 Å². The van der Waals surface area contributed by atoms with Gasteiger partial charge in [-0.25, -0.2) is 4.79 Å². The molecule has 6 heteroatoms. The number of carbonyl (C=O) groups is 1. The highest BCUT2D eigenvalue weighted by molar-refractivity contribution is 7.08. The number of ether oxygens (including phenoxy) is 1. The van der Waals surface area contributed by atoms with E-state index in [-0.39, 0.29) is 6.09 Å². The first-order valence-corrected chi connectivity index (χ1v) is 8.37. The lowest BCUT2D eigenvalue weighted by Gasteiger charge is -2.33. The zero-order chi connectivity index (χ0) is 15.3. The third kappa shape index (κ3) is 4.43. The molecule has 0 spiro atoms.